The van der Waals surface area contributed by atoms with E-state index >= 15 is 0 Å². The zero-order valence-electron chi connectivity index (χ0n) is 11.9. The molecule has 0 bridgehead atoms. The van der Waals surface area contributed by atoms with Crippen LogP contribution in [0.25, 0.3) is 11.0 Å². The minimum Gasteiger partial charge on any atom is -0.331 e. The maximum atomic E-state index is 5.81. The van der Waals surface area contributed by atoms with Gasteiger partial charge in [-0.3, -0.25) is 0 Å². The second kappa shape index (κ2) is 5.10. The predicted molar refractivity (Wildman–Crippen MR) is 82.6 cm³/mol. The molecule has 20 heavy (non-hydrogen) atoms. The monoisotopic (exact) mass is 265 g/mol. The van der Waals surface area contributed by atoms with Crippen LogP contribution in [-0.2, 0) is 20.0 Å². The van der Waals surface area contributed by atoms with Crippen molar-refractivity contribution in [2.75, 3.05) is 0 Å². The zero-order valence-corrected chi connectivity index (χ0v) is 11.9. The molecule has 102 valence electrons. The van der Waals surface area contributed by atoms with Crippen LogP contribution in [0, 0.1) is 6.92 Å². The van der Waals surface area contributed by atoms with Gasteiger partial charge in [0, 0.05) is 20.0 Å². The van der Waals surface area contributed by atoms with Crippen molar-refractivity contribution < 1.29 is 0 Å². The summed E-state index contributed by atoms with van der Waals surface area (Å²) in [6.07, 6.45) is 0.817. The van der Waals surface area contributed by atoms with E-state index in [1.807, 2.05) is 6.07 Å². The van der Waals surface area contributed by atoms with E-state index in [4.69, 9.17) is 10.7 Å². The van der Waals surface area contributed by atoms with Gasteiger partial charge < -0.3 is 10.3 Å². The van der Waals surface area contributed by atoms with Crippen molar-refractivity contribution in [3.63, 3.8) is 0 Å². The standard InChI is InChI=1S/C17H19N3/c1-12-7-8-16-15(9-12)19-17(20(16)2)10-13-5-3-4-6-14(13)11-18/h3-9H,10-11,18H2,1-2H3. The molecule has 0 aliphatic heterocycles. The molecule has 0 atom stereocenters. The Balaban J connectivity index is 2.04. The zero-order chi connectivity index (χ0) is 14.1. The van der Waals surface area contributed by atoms with Gasteiger partial charge in [-0.1, -0.05) is 30.3 Å². The van der Waals surface area contributed by atoms with Crippen molar-refractivity contribution in [3.8, 4) is 0 Å². The summed E-state index contributed by atoms with van der Waals surface area (Å²) >= 11 is 0. The molecular formula is C17H19N3. The Bertz CT molecular complexity index is 756. The van der Waals surface area contributed by atoms with Crippen LogP contribution in [0.3, 0.4) is 0 Å². The molecule has 3 rings (SSSR count). The second-order valence-corrected chi connectivity index (χ2v) is 5.23. The summed E-state index contributed by atoms with van der Waals surface area (Å²) in [5.74, 6) is 1.08. The van der Waals surface area contributed by atoms with Crippen molar-refractivity contribution in [1.29, 1.82) is 0 Å². The van der Waals surface area contributed by atoms with Crippen LogP contribution in [0.15, 0.2) is 42.5 Å². The maximum absolute atomic E-state index is 5.81. The third-order valence-corrected chi connectivity index (χ3v) is 3.82. The lowest BCUT2D eigenvalue weighted by Gasteiger charge is -2.07. The third kappa shape index (κ3) is 2.21. The highest BCUT2D eigenvalue weighted by Crippen LogP contribution is 2.20. The average Bonchev–Trinajstić information content (AvgIpc) is 2.75. The number of nitrogens with two attached hydrogens (primary N) is 1. The molecule has 2 N–H and O–H groups in total. The average molecular weight is 265 g/mol. The predicted octanol–water partition coefficient (Wildman–Crippen LogP) is 2.93. The summed E-state index contributed by atoms with van der Waals surface area (Å²) in [6.45, 7) is 2.66. The summed E-state index contributed by atoms with van der Waals surface area (Å²) in [7, 11) is 2.07. The molecule has 0 saturated heterocycles. The van der Waals surface area contributed by atoms with Crippen LogP contribution in [0.4, 0.5) is 0 Å². The molecule has 0 amide bonds. The molecule has 2 aromatic carbocycles. The van der Waals surface area contributed by atoms with Gasteiger partial charge in [0.1, 0.15) is 5.82 Å². The van der Waals surface area contributed by atoms with Gasteiger partial charge in [-0.2, -0.15) is 0 Å². The minimum absolute atomic E-state index is 0.569. The van der Waals surface area contributed by atoms with Crippen LogP contribution in [0.2, 0.25) is 0 Å². The van der Waals surface area contributed by atoms with Crippen LogP contribution in [0.1, 0.15) is 22.5 Å². The van der Waals surface area contributed by atoms with Crippen molar-refractivity contribution in [2.24, 2.45) is 12.8 Å². The van der Waals surface area contributed by atoms with E-state index in [1.54, 1.807) is 0 Å². The molecule has 0 saturated carbocycles. The van der Waals surface area contributed by atoms with Crippen LogP contribution < -0.4 is 5.73 Å². The van der Waals surface area contributed by atoms with E-state index < -0.39 is 0 Å². The number of imidazole rings is 1. The maximum Gasteiger partial charge on any atom is 0.114 e. The molecule has 3 heteroatoms. The first-order valence-electron chi connectivity index (χ1n) is 6.88. The molecule has 1 aromatic heterocycles. The molecule has 0 aliphatic carbocycles. The first-order chi connectivity index (χ1) is 9.69. The Morgan fingerprint density at radius 2 is 1.85 bits per heavy atom. The Labute approximate surface area is 119 Å². The number of aryl methyl sites for hydroxylation is 2. The Hall–Kier alpha value is -2.13. The fourth-order valence-corrected chi connectivity index (χ4v) is 2.62. The first kappa shape index (κ1) is 12.9. The number of hydrogen-bond donors (Lipinski definition) is 1. The van der Waals surface area contributed by atoms with Crippen LogP contribution in [-0.4, -0.2) is 9.55 Å². The minimum atomic E-state index is 0.569. The smallest absolute Gasteiger partial charge is 0.114 e. The van der Waals surface area contributed by atoms with Gasteiger partial charge in [-0.25, -0.2) is 4.98 Å². The molecule has 3 nitrogen and oxygen atoms in total. The van der Waals surface area contributed by atoms with E-state index in [-0.39, 0.29) is 0 Å². The van der Waals surface area contributed by atoms with Gasteiger partial charge in [-0.05, 0) is 35.7 Å². The van der Waals surface area contributed by atoms with E-state index in [2.05, 4.69) is 54.9 Å². The van der Waals surface area contributed by atoms with Gasteiger partial charge in [0.15, 0.2) is 0 Å². The molecular weight excluding hydrogens is 246 g/mol. The summed E-state index contributed by atoms with van der Waals surface area (Å²) in [5, 5.41) is 0. The molecule has 0 radical (unpaired) electrons. The molecule has 1 heterocycles. The van der Waals surface area contributed by atoms with E-state index in [0.29, 0.717) is 6.54 Å². The van der Waals surface area contributed by atoms with Crippen LogP contribution in [0.5, 0.6) is 0 Å². The van der Waals surface area contributed by atoms with Crippen molar-refractivity contribution in [3.05, 3.63) is 65.0 Å². The lowest BCUT2D eigenvalue weighted by Crippen LogP contribution is -2.05. The fraction of sp³-hybridized carbons (Fsp3) is 0.235. The van der Waals surface area contributed by atoms with Gasteiger partial charge >= 0.3 is 0 Å². The van der Waals surface area contributed by atoms with Crippen molar-refractivity contribution in [1.82, 2.24) is 9.55 Å². The number of rotatable bonds is 3. The summed E-state index contributed by atoms with van der Waals surface area (Å²) in [6, 6.07) is 14.7. The number of aromatic nitrogens is 2. The van der Waals surface area contributed by atoms with Gasteiger partial charge in [0.05, 0.1) is 11.0 Å². The molecule has 3 aromatic rings. The van der Waals surface area contributed by atoms with Gasteiger partial charge in [-0.15, -0.1) is 0 Å². The second-order valence-electron chi connectivity index (χ2n) is 5.23. The number of fused-ring (bicyclic) bond motifs is 1. The number of nitrogens with zero attached hydrogens (tertiary/aromatic N) is 2. The van der Waals surface area contributed by atoms with Gasteiger partial charge in [0.25, 0.3) is 0 Å². The molecule has 0 aliphatic rings. The Morgan fingerprint density at radius 1 is 1.10 bits per heavy atom. The number of benzene rings is 2. The Morgan fingerprint density at radius 3 is 2.60 bits per heavy atom. The van der Waals surface area contributed by atoms with E-state index in [9.17, 15) is 0 Å². The first-order valence-corrected chi connectivity index (χ1v) is 6.88. The normalized spacial score (nSPS) is 11.2. The van der Waals surface area contributed by atoms with Crippen molar-refractivity contribution in [2.45, 2.75) is 19.9 Å². The topological polar surface area (TPSA) is 43.8 Å². The third-order valence-electron chi connectivity index (χ3n) is 3.82. The van der Waals surface area contributed by atoms with E-state index in [1.165, 1.54) is 22.2 Å². The highest BCUT2D eigenvalue weighted by atomic mass is 15.1. The SMILES string of the molecule is Cc1ccc2c(c1)nc(Cc1ccccc1CN)n2C. The van der Waals surface area contributed by atoms with E-state index in [0.717, 1.165) is 17.8 Å². The molecule has 0 spiro atoms. The highest BCUT2D eigenvalue weighted by Gasteiger charge is 2.10. The molecule has 0 unspecified atom stereocenters. The lowest BCUT2D eigenvalue weighted by molar-refractivity contribution is 0.837. The van der Waals surface area contributed by atoms with Gasteiger partial charge in [0.2, 0.25) is 0 Å². The highest BCUT2D eigenvalue weighted by molar-refractivity contribution is 5.76. The number of hydrogen-bond acceptors (Lipinski definition) is 2. The summed E-state index contributed by atoms with van der Waals surface area (Å²) in [4.78, 5) is 4.77. The Kier molecular flexibility index (Phi) is 3.28. The van der Waals surface area contributed by atoms with Crippen molar-refractivity contribution >= 4 is 11.0 Å². The lowest BCUT2D eigenvalue weighted by atomic mass is 10.0. The largest absolute Gasteiger partial charge is 0.331 e. The fourth-order valence-electron chi connectivity index (χ4n) is 2.62. The summed E-state index contributed by atoms with van der Waals surface area (Å²) < 4.78 is 2.17. The summed E-state index contributed by atoms with van der Waals surface area (Å²) in [5.41, 5.74) is 11.7. The molecule has 0 fully saturated rings. The quantitative estimate of drug-likeness (QED) is 0.791. The van der Waals surface area contributed by atoms with Crippen LogP contribution >= 0.6 is 0 Å².